The molecule has 1 aliphatic carbocycles. The SMILES string of the molecule is CCO[C@@H](Cc1ccc(OCCNC2C3CN(C(=O)c4cc(C(F)(F)F)cc(C(F)(F)F)c4)C[C@@H]32)cc1)C(=O)O. The highest BCUT2D eigenvalue weighted by Crippen LogP contribution is 2.46. The van der Waals surface area contributed by atoms with E-state index in [0.29, 0.717) is 37.6 Å². The van der Waals surface area contributed by atoms with E-state index in [1.54, 1.807) is 31.2 Å². The van der Waals surface area contributed by atoms with Crippen molar-refractivity contribution in [2.75, 3.05) is 32.8 Å². The molecule has 1 saturated heterocycles. The standard InChI is InChI=1S/C27H28F6N2O5/c1-2-39-22(25(37)38)9-15-3-5-19(6-4-15)40-8-7-34-23-20-13-35(14-21(20)23)24(36)16-10-17(26(28,29)30)12-18(11-16)27(31,32)33/h3-6,10-12,20-23,34H,2,7-9,13-14H2,1H3,(H,37,38)/t20-,21?,22-,23?/m0/s1. The zero-order valence-corrected chi connectivity index (χ0v) is 21.4. The summed E-state index contributed by atoms with van der Waals surface area (Å²) < 4.78 is 89.7. The number of carbonyl (C=O) groups is 2. The van der Waals surface area contributed by atoms with Gasteiger partial charge < -0.3 is 24.8 Å². The number of fused-ring (bicyclic) bond motifs is 1. The van der Waals surface area contributed by atoms with E-state index < -0.39 is 47.0 Å². The van der Waals surface area contributed by atoms with Crippen LogP contribution in [0.15, 0.2) is 42.5 Å². The lowest BCUT2D eigenvalue weighted by Gasteiger charge is -2.22. The number of piperidine rings is 1. The minimum atomic E-state index is -5.02. The van der Waals surface area contributed by atoms with Crippen molar-refractivity contribution < 1.29 is 50.5 Å². The van der Waals surface area contributed by atoms with Crippen LogP contribution in [0.25, 0.3) is 0 Å². The summed E-state index contributed by atoms with van der Waals surface area (Å²) in [6.07, 6.45) is -10.7. The van der Waals surface area contributed by atoms with Crippen molar-refractivity contribution in [2.24, 2.45) is 11.8 Å². The van der Waals surface area contributed by atoms with Crippen molar-refractivity contribution in [3.8, 4) is 5.75 Å². The molecule has 1 aliphatic heterocycles. The predicted molar refractivity (Wildman–Crippen MR) is 130 cm³/mol. The molecule has 0 bridgehead atoms. The van der Waals surface area contributed by atoms with E-state index in [1.807, 2.05) is 0 Å². The van der Waals surface area contributed by atoms with Crippen LogP contribution in [-0.4, -0.2) is 66.9 Å². The molecule has 0 spiro atoms. The van der Waals surface area contributed by atoms with Crippen LogP contribution in [0.3, 0.4) is 0 Å². The Balaban J connectivity index is 1.23. The van der Waals surface area contributed by atoms with E-state index in [-0.39, 0.29) is 43.5 Å². The molecule has 1 amide bonds. The van der Waals surface area contributed by atoms with Crippen LogP contribution >= 0.6 is 0 Å². The fourth-order valence-corrected chi connectivity index (χ4v) is 5.00. The largest absolute Gasteiger partial charge is 0.492 e. The van der Waals surface area contributed by atoms with E-state index in [2.05, 4.69) is 5.32 Å². The van der Waals surface area contributed by atoms with Gasteiger partial charge in [-0.05, 0) is 54.7 Å². The molecule has 4 atom stereocenters. The van der Waals surface area contributed by atoms with Crippen molar-refractivity contribution in [3.05, 3.63) is 64.7 Å². The number of amides is 1. The molecule has 7 nitrogen and oxygen atoms in total. The van der Waals surface area contributed by atoms with Gasteiger partial charge in [-0.1, -0.05) is 12.1 Å². The maximum absolute atomic E-state index is 13.1. The number of ether oxygens (including phenoxy) is 2. The van der Waals surface area contributed by atoms with Crippen LogP contribution in [0.4, 0.5) is 26.3 Å². The van der Waals surface area contributed by atoms with Crippen LogP contribution in [0.5, 0.6) is 5.75 Å². The third kappa shape index (κ3) is 7.05. The number of alkyl halides is 6. The third-order valence-electron chi connectivity index (χ3n) is 7.05. The molecule has 2 aliphatic rings. The summed E-state index contributed by atoms with van der Waals surface area (Å²) in [6.45, 7) is 3.31. The van der Waals surface area contributed by atoms with Gasteiger partial charge in [0.25, 0.3) is 5.91 Å². The highest BCUT2D eigenvalue weighted by atomic mass is 19.4. The highest BCUT2D eigenvalue weighted by Gasteiger charge is 2.56. The Labute approximate surface area is 226 Å². The van der Waals surface area contributed by atoms with E-state index in [0.717, 1.165) is 5.56 Å². The second-order valence-electron chi connectivity index (χ2n) is 9.79. The fourth-order valence-electron chi connectivity index (χ4n) is 5.00. The van der Waals surface area contributed by atoms with Crippen molar-refractivity contribution in [1.29, 1.82) is 0 Å². The van der Waals surface area contributed by atoms with Gasteiger partial charge in [0.1, 0.15) is 12.4 Å². The maximum Gasteiger partial charge on any atom is 0.416 e. The lowest BCUT2D eigenvalue weighted by molar-refractivity contribution is -0.150. The lowest BCUT2D eigenvalue weighted by atomic mass is 10.0. The summed E-state index contributed by atoms with van der Waals surface area (Å²) >= 11 is 0. The molecule has 2 aromatic rings. The quantitative estimate of drug-likeness (QED) is 0.304. The molecule has 2 aromatic carbocycles. The number of carboxylic acids is 1. The Morgan fingerprint density at radius 1 is 1.00 bits per heavy atom. The first-order valence-corrected chi connectivity index (χ1v) is 12.7. The van der Waals surface area contributed by atoms with Crippen molar-refractivity contribution in [2.45, 2.75) is 37.8 Å². The van der Waals surface area contributed by atoms with Crippen molar-refractivity contribution in [1.82, 2.24) is 10.2 Å². The summed E-state index contributed by atoms with van der Waals surface area (Å²) in [5.74, 6) is -1.17. The number of nitrogens with one attached hydrogen (secondary N) is 1. The Kier molecular flexibility index (Phi) is 8.64. The first kappa shape index (κ1) is 29.7. The average Bonchev–Trinajstić information content (AvgIpc) is 3.32. The first-order chi connectivity index (χ1) is 18.8. The van der Waals surface area contributed by atoms with Gasteiger partial charge in [-0.3, -0.25) is 4.79 Å². The maximum atomic E-state index is 13.1. The molecule has 0 radical (unpaired) electrons. The number of hydrogen-bond acceptors (Lipinski definition) is 5. The predicted octanol–water partition coefficient (Wildman–Crippen LogP) is 4.50. The molecule has 218 valence electrons. The molecular weight excluding hydrogens is 546 g/mol. The fraction of sp³-hybridized carbons (Fsp3) is 0.481. The molecule has 13 heteroatoms. The van der Waals surface area contributed by atoms with Gasteiger partial charge in [0.05, 0.1) is 11.1 Å². The molecule has 2 N–H and O–H groups in total. The van der Waals surface area contributed by atoms with E-state index >= 15 is 0 Å². The number of likely N-dealkylation sites (tertiary alicyclic amines) is 1. The smallest absolute Gasteiger partial charge is 0.416 e. The van der Waals surface area contributed by atoms with Gasteiger partial charge in [0.15, 0.2) is 6.10 Å². The minimum Gasteiger partial charge on any atom is -0.492 e. The average molecular weight is 575 g/mol. The number of carboxylic acid groups (broad SMARTS) is 1. The van der Waals surface area contributed by atoms with Crippen LogP contribution in [0.1, 0.15) is 34.0 Å². The number of nitrogens with zero attached hydrogens (tertiary/aromatic N) is 1. The van der Waals surface area contributed by atoms with Gasteiger partial charge in [0, 0.05) is 44.3 Å². The number of rotatable bonds is 11. The summed E-state index contributed by atoms with van der Waals surface area (Å²) in [4.78, 5) is 25.3. The topological polar surface area (TPSA) is 88.1 Å². The van der Waals surface area contributed by atoms with Gasteiger partial charge in [0.2, 0.25) is 0 Å². The summed E-state index contributed by atoms with van der Waals surface area (Å²) in [5, 5.41) is 12.5. The lowest BCUT2D eigenvalue weighted by Crippen LogP contribution is -2.36. The van der Waals surface area contributed by atoms with Crippen molar-refractivity contribution in [3.63, 3.8) is 0 Å². The molecule has 4 rings (SSSR count). The Bertz CT molecular complexity index is 1170. The molecule has 0 aromatic heterocycles. The Hall–Kier alpha value is -3.32. The first-order valence-electron chi connectivity index (χ1n) is 12.7. The third-order valence-corrected chi connectivity index (χ3v) is 7.05. The number of aliphatic carboxylic acids is 1. The Morgan fingerprint density at radius 2 is 1.57 bits per heavy atom. The summed E-state index contributed by atoms with van der Waals surface area (Å²) in [5.41, 5.74) is -2.88. The van der Waals surface area contributed by atoms with E-state index in [4.69, 9.17) is 9.47 Å². The van der Waals surface area contributed by atoms with Crippen LogP contribution in [-0.2, 0) is 28.3 Å². The minimum absolute atomic E-state index is 0.00586. The number of halogens is 6. The zero-order valence-electron chi connectivity index (χ0n) is 21.4. The number of hydrogen-bond donors (Lipinski definition) is 2. The van der Waals surface area contributed by atoms with Gasteiger partial charge in [-0.2, -0.15) is 26.3 Å². The number of benzene rings is 2. The second-order valence-corrected chi connectivity index (χ2v) is 9.79. The molecular formula is C27H28F6N2O5. The van der Waals surface area contributed by atoms with E-state index in [1.165, 1.54) is 4.90 Å². The van der Waals surface area contributed by atoms with Crippen molar-refractivity contribution >= 4 is 11.9 Å². The molecule has 1 heterocycles. The molecule has 1 saturated carbocycles. The van der Waals surface area contributed by atoms with Gasteiger partial charge in [-0.15, -0.1) is 0 Å². The Morgan fingerprint density at radius 3 is 2.08 bits per heavy atom. The zero-order chi connectivity index (χ0) is 29.2. The molecule has 2 fully saturated rings. The van der Waals surface area contributed by atoms with Crippen LogP contribution in [0, 0.1) is 11.8 Å². The highest BCUT2D eigenvalue weighted by molar-refractivity contribution is 5.95. The normalized spacial score (nSPS) is 21.2. The molecule has 2 unspecified atom stereocenters. The summed E-state index contributed by atoms with van der Waals surface area (Å²) in [6, 6.07) is 7.99. The van der Waals surface area contributed by atoms with Gasteiger partial charge in [-0.25, -0.2) is 4.79 Å². The monoisotopic (exact) mass is 574 g/mol. The second kappa shape index (κ2) is 11.7. The van der Waals surface area contributed by atoms with Crippen LogP contribution < -0.4 is 10.1 Å². The van der Waals surface area contributed by atoms with Gasteiger partial charge >= 0.3 is 18.3 Å². The number of carbonyl (C=O) groups excluding carboxylic acids is 1. The molecule has 40 heavy (non-hydrogen) atoms. The van der Waals surface area contributed by atoms with E-state index in [9.17, 15) is 41.0 Å². The summed E-state index contributed by atoms with van der Waals surface area (Å²) in [7, 11) is 0. The van der Waals surface area contributed by atoms with Crippen LogP contribution in [0.2, 0.25) is 0 Å².